The highest BCUT2D eigenvalue weighted by Gasteiger charge is 1.59. The first-order valence-corrected chi connectivity index (χ1v) is 2.71. The topological polar surface area (TPSA) is 33.1 Å². The van der Waals surface area contributed by atoms with Crippen LogP contribution in [0.3, 0.4) is 0 Å². The van der Waals surface area contributed by atoms with E-state index >= 15 is 0 Å². The zero-order valence-corrected chi connectivity index (χ0v) is 6.08. The maximum absolute atomic E-state index is 7.00. The number of hydrogen-bond acceptors (Lipinski definition) is 3. The number of nitrogens with zero attached hydrogens (tertiary/aromatic N) is 1. The van der Waals surface area contributed by atoms with Crippen LogP contribution in [0.15, 0.2) is 17.1 Å². The van der Waals surface area contributed by atoms with Crippen molar-refractivity contribution in [1.29, 1.82) is 0 Å². The van der Waals surface area contributed by atoms with Crippen molar-refractivity contribution in [2.24, 2.45) is 0 Å². The Morgan fingerprint density at radius 2 is 2.12 bits per heavy atom. The van der Waals surface area contributed by atoms with Crippen LogP contribution in [0.1, 0.15) is 0 Å². The summed E-state index contributed by atoms with van der Waals surface area (Å²) in [5.74, 6) is 0. The molecule has 0 bridgehead atoms. The largest absolute Gasteiger partial charge is 0.400 e. The van der Waals surface area contributed by atoms with Gasteiger partial charge in [0.1, 0.15) is 0 Å². The van der Waals surface area contributed by atoms with Crippen molar-refractivity contribution in [3.63, 3.8) is 0 Å². The highest BCUT2D eigenvalue weighted by atomic mass is 35.5. The van der Waals surface area contributed by atoms with Crippen LogP contribution in [0.25, 0.3) is 0 Å². The molecule has 0 amide bonds. The second kappa shape index (κ2) is 9.99. The molecule has 0 aromatic carbocycles. The van der Waals surface area contributed by atoms with E-state index in [9.17, 15) is 0 Å². The van der Waals surface area contributed by atoms with Gasteiger partial charge in [-0.3, -0.25) is 4.98 Å². The van der Waals surface area contributed by atoms with E-state index in [0.29, 0.717) is 0 Å². The zero-order valence-electron chi connectivity index (χ0n) is 4.44. The lowest BCUT2D eigenvalue weighted by Crippen LogP contribution is -1.38. The minimum atomic E-state index is 0. The van der Waals surface area contributed by atoms with E-state index < -0.39 is 0 Å². The van der Waals surface area contributed by atoms with Crippen LogP contribution in [0.2, 0.25) is 0 Å². The summed E-state index contributed by atoms with van der Waals surface area (Å²) in [7, 11) is 1.00. The monoisotopic (exact) mass is 153 g/mol. The van der Waals surface area contributed by atoms with Crippen molar-refractivity contribution >= 4 is 23.7 Å². The van der Waals surface area contributed by atoms with E-state index in [-0.39, 0.29) is 12.4 Å². The molecule has 0 fully saturated rings. The first-order chi connectivity index (χ1) is 3.50. The van der Waals surface area contributed by atoms with Gasteiger partial charge in [-0.1, -0.05) is 0 Å². The highest BCUT2D eigenvalue weighted by molar-refractivity contribution is 7.07. The molecule has 0 aliphatic carbocycles. The van der Waals surface area contributed by atoms with Crippen molar-refractivity contribution in [1.82, 2.24) is 4.98 Å². The molecule has 0 spiro atoms. The maximum Gasteiger partial charge on any atom is 0.0791 e. The van der Waals surface area contributed by atoms with Crippen LogP contribution in [0.4, 0.5) is 0 Å². The fourth-order valence-electron chi connectivity index (χ4n) is 0.176. The minimum Gasteiger partial charge on any atom is -0.400 e. The average Bonchev–Trinajstić information content (AvgIpc) is 2.23. The van der Waals surface area contributed by atoms with Gasteiger partial charge in [-0.2, -0.15) is 0 Å². The molecule has 4 heteroatoms. The second-order valence-corrected chi connectivity index (χ2v) is 1.43. The quantitative estimate of drug-likeness (QED) is 0.607. The molecule has 0 saturated heterocycles. The van der Waals surface area contributed by atoms with Gasteiger partial charge in [-0.25, -0.2) is 0 Å². The highest BCUT2D eigenvalue weighted by Crippen LogP contribution is 1.85. The normalized spacial score (nSPS) is 5.75. The summed E-state index contributed by atoms with van der Waals surface area (Å²) in [6, 6.07) is 0. The van der Waals surface area contributed by atoms with Crippen molar-refractivity contribution in [3.05, 3.63) is 17.1 Å². The van der Waals surface area contributed by atoms with Crippen molar-refractivity contribution in [2.45, 2.75) is 0 Å². The molecule has 0 radical (unpaired) electrons. The Hall–Kier alpha value is -0.120. The van der Waals surface area contributed by atoms with Gasteiger partial charge in [0.25, 0.3) is 0 Å². The van der Waals surface area contributed by atoms with E-state index in [0.717, 1.165) is 7.11 Å². The molecule has 0 unspecified atom stereocenters. The predicted octanol–water partition coefficient (Wildman–Crippen LogP) is 1.17. The van der Waals surface area contributed by atoms with Gasteiger partial charge in [0.2, 0.25) is 0 Å². The Labute approximate surface area is 58.6 Å². The summed E-state index contributed by atoms with van der Waals surface area (Å²) >= 11 is 1.60. The van der Waals surface area contributed by atoms with Crippen LogP contribution in [-0.2, 0) is 0 Å². The van der Waals surface area contributed by atoms with Gasteiger partial charge in [-0.15, -0.1) is 23.7 Å². The molecule has 2 nitrogen and oxygen atoms in total. The van der Waals surface area contributed by atoms with Crippen molar-refractivity contribution in [3.8, 4) is 0 Å². The SMILES string of the molecule is CO.Cl.c1cscn1. The maximum atomic E-state index is 7.00. The van der Waals surface area contributed by atoms with E-state index in [2.05, 4.69) is 4.98 Å². The van der Waals surface area contributed by atoms with Crippen LogP contribution in [-0.4, -0.2) is 17.2 Å². The molecule has 0 atom stereocenters. The molecule has 8 heavy (non-hydrogen) atoms. The Morgan fingerprint density at radius 3 is 2.25 bits per heavy atom. The van der Waals surface area contributed by atoms with Gasteiger partial charge in [0, 0.05) is 18.7 Å². The van der Waals surface area contributed by atoms with Crippen LogP contribution in [0.5, 0.6) is 0 Å². The number of aliphatic hydroxyl groups is 1. The van der Waals surface area contributed by atoms with Crippen LogP contribution in [0, 0.1) is 0 Å². The van der Waals surface area contributed by atoms with E-state index in [1.165, 1.54) is 0 Å². The fourth-order valence-corrected chi connectivity index (χ4v) is 0.527. The van der Waals surface area contributed by atoms with Crippen molar-refractivity contribution in [2.75, 3.05) is 7.11 Å². The number of thiazole rings is 1. The Morgan fingerprint density at radius 1 is 1.50 bits per heavy atom. The first-order valence-electron chi connectivity index (χ1n) is 1.77. The lowest BCUT2D eigenvalue weighted by molar-refractivity contribution is 0.399. The third-order valence-electron chi connectivity index (χ3n) is 0.347. The molecule has 1 aromatic heterocycles. The van der Waals surface area contributed by atoms with Gasteiger partial charge in [0.05, 0.1) is 5.51 Å². The number of aromatic nitrogens is 1. The summed E-state index contributed by atoms with van der Waals surface area (Å²) in [6.45, 7) is 0. The molecule has 1 N–H and O–H groups in total. The lowest BCUT2D eigenvalue weighted by atomic mass is 11.0. The summed E-state index contributed by atoms with van der Waals surface area (Å²) in [5.41, 5.74) is 1.79. The summed E-state index contributed by atoms with van der Waals surface area (Å²) in [4.78, 5) is 3.74. The zero-order chi connectivity index (χ0) is 5.54. The molecule has 1 rings (SSSR count). The molecule has 1 aromatic rings. The van der Waals surface area contributed by atoms with Gasteiger partial charge in [-0.05, 0) is 0 Å². The molecule has 1 heterocycles. The number of hydrogen-bond donors (Lipinski definition) is 1. The summed E-state index contributed by atoms with van der Waals surface area (Å²) < 4.78 is 0. The Kier molecular flexibility index (Phi) is 13.5. The lowest BCUT2D eigenvalue weighted by Gasteiger charge is -1.41. The van der Waals surface area contributed by atoms with E-state index in [1.54, 1.807) is 23.0 Å². The fraction of sp³-hybridized carbons (Fsp3) is 0.250. The Bertz CT molecular complexity index is 72.5. The predicted molar refractivity (Wildman–Crippen MR) is 37.5 cm³/mol. The van der Waals surface area contributed by atoms with Gasteiger partial charge in [0.15, 0.2) is 0 Å². The molecule has 0 aliphatic rings. The standard InChI is InChI=1S/C3H3NS.CH4O.ClH/c1-2-5-3-4-1;1-2;/h1-3H;2H,1H3;1H. The number of rotatable bonds is 0. The average molecular weight is 154 g/mol. The van der Waals surface area contributed by atoms with Crippen LogP contribution >= 0.6 is 23.7 Å². The number of halogens is 1. The first kappa shape index (κ1) is 10.8. The Balaban J connectivity index is 0. The molecular formula is C4H8ClNOS. The van der Waals surface area contributed by atoms with Crippen molar-refractivity contribution < 1.29 is 5.11 Å². The van der Waals surface area contributed by atoms with Gasteiger partial charge < -0.3 is 5.11 Å². The second-order valence-electron chi connectivity index (χ2n) is 0.676. The number of aliphatic hydroxyl groups excluding tert-OH is 1. The van der Waals surface area contributed by atoms with Crippen LogP contribution < -0.4 is 0 Å². The third kappa shape index (κ3) is 5.88. The third-order valence-corrected chi connectivity index (χ3v) is 0.869. The minimum absolute atomic E-state index is 0. The molecular weight excluding hydrogens is 146 g/mol. The summed E-state index contributed by atoms with van der Waals surface area (Å²) in [5, 5.41) is 8.93. The molecule has 0 aliphatic heterocycles. The summed E-state index contributed by atoms with van der Waals surface area (Å²) in [6.07, 6.45) is 1.77. The smallest absolute Gasteiger partial charge is 0.0791 e. The van der Waals surface area contributed by atoms with E-state index in [1.807, 2.05) is 5.38 Å². The molecule has 0 saturated carbocycles. The molecule has 48 valence electrons. The van der Waals surface area contributed by atoms with E-state index in [4.69, 9.17) is 5.11 Å². The van der Waals surface area contributed by atoms with Gasteiger partial charge >= 0.3 is 0 Å².